The monoisotopic (exact) mass is 228 g/mol. The smallest absolute Gasteiger partial charge is 0.0443 e. The molecule has 2 nitrogen and oxygen atoms in total. The molecule has 1 atom stereocenters. The van der Waals surface area contributed by atoms with Crippen LogP contribution in [0.3, 0.4) is 0 Å². The molecule has 1 aromatic carbocycles. The molecular weight excluding hydrogens is 216 g/mol. The van der Waals surface area contributed by atoms with Gasteiger partial charge in [-0.25, -0.2) is 0 Å². The molecular formula is C9H13BrN2. The highest BCUT2D eigenvalue weighted by atomic mass is 79.9. The predicted octanol–water partition coefficient (Wildman–Crippen LogP) is 2.28. The molecule has 0 saturated heterocycles. The zero-order chi connectivity index (χ0) is 9.14. The zero-order valence-electron chi connectivity index (χ0n) is 7.26. The van der Waals surface area contributed by atoms with E-state index in [0.717, 1.165) is 4.47 Å². The van der Waals surface area contributed by atoms with E-state index in [0.29, 0.717) is 0 Å². The summed E-state index contributed by atoms with van der Waals surface area (Å²) in [5.41, 5.74) is 5.14. The Kier molecular flexibility index (Phi) is 3.26. The summed E-state index contributed by atoms with van der Waals surface area (Å²) in [6.07, 6.45) is 0. The van der Waals surface area contributed by atoms with E-state index >= 15 is 0 Å². The number of nitrogens with one attached hydrogen (secondary N) is 1. The quantitative estimate of drug-likeness (QED) is 0.603. The highest BCUT2D eigenvalue weighted by molar-refractivity contribution is 9.10. The van der Waals surface area contributed by atoms with Crippen LogP contribution in [-0.2, 0) is 0 Å². The molecule has 0 aromatic heterocycles. The summed E-state index contributed by atoms with van der Waals surface area (Å²) in [5.74, 6) is 5.35. The van der Waals surface area contributed by atoms with Crippen LogP contribution < -0.4 is 11.3 Å². The van der Waals surface area contributed by atoms with Crippen LogP contribution in [-0.4, -0.2) is 0 Å². The lowest BCUT2D eigenvalue weighted by atomic mass is 10.1. The Balaban J connectivity index is 3.07. The average molecular weight is 229 g/mol. The molecule has 0 aliphatic heterocycles. The second-order valence-electron chi connectivity index (χ2n) is 2.87. The van der Waals surface area contributed by atoms with Crippen LogP contribution in [0.2, 0.25) is 0 Å². The normalized spacial score (nSPS) is 13.0. The third kappa shape index (κ3) is 1.86. The van der Waals surface area contributed by atoms with Gasteiger partial charge in [-0.3, -0.25) is 11.3 Å². The van der Waals surface area contributed by atoms with Gasteiger partial charge in [0.15, 0.2) is 0 Å². The molecule has 0 amide bonds. The van der Waals surface area contributed by atoms with Crippen LogP contribution in [0.1, 0.15) is 24.1 Å². The number of aryl methyl sites for hydroxylation is 1. The summed E-state index contributed by atoms with van der Waals surface area (Å²) in [6, 6.07) is 6.33. The molecule has 3 heteroatoms. The third-order valence-electron chi connectivity index (χ3n) is 1.94. The summed E-state index contributed by atoms with van der Waals surface area (Å²) in [5, 5.41) is 0. The number of rotatable bonds is 2. The van der Waals surface area contributed by atoms with Crippen molar-refractivity contribution in [2.75, 3.05) is 0 Å². The van der Waals surface area contributed by atoms with Crippen molar-refractivity contribution in [2.45, 2.75) is 19.9 Å². The van der Waals surface area contributed by atoms with Gasteiger partial charge >= 0.3 is 0 Å². The van der Waals surface area contributed by atoms with Crippen molar-refractivity contribution >= 4 is 15.9 Å². The largest absolute Gasteiger partial charge is 0.271 e. The first kappa shape index (κ1) is 9.71. The van der Waals surface area contributed by atoms with Crippen molar-refractivity contribution < 1.29 is 0 Å². The highest BCUT2D eigenvalue weighted by Crippen LogP contribution is 2.25. The van der Waals surface area contributed by atoms with Gasteiger partial charge in [0.2, 0.25) is 0 Å². The summed E-state index contributed by atoms with van der Waals surface area (Å²) in [7, 11) is 0. The SMILES string of the molecule is Cc1cccc(C(C)NN)c1Br. The summed E-state index contributed by atoms with van der Waals surface area (Å²) < 4.78 is 1.13. The van der Waals surface area contributed by atoms with E-state index in [1.54, 1.807) is 0 Å². The van der Waals surface area contributed by atoms with Crippen molar-refractivity contribution in [3.05, 3.63) is 33.8 Å². The van der Waals surface area contributed by atoms with Crippen LogP contribution in [0.4, 0.5) is 0 Å². The Morgan fingerprint density at radius 1 is 1.50 bits per heavy atom. The van der Waals surface area contributed by atoms with E-state index < -0.39 is 0 Å². The minimum absolute atomic E-state index is 0.180. The maximum Gasteiger partial charge on any atom is 0.0443 e. The number of hydrazine groups is 1. The minimum Gasteiger partial charge on any atom is -0.271 e. The second kappa shape index (κ2) is 4.03. The van der Waals surface area contributed by atoms with Gasteiger partial charge in [0.1, 0.15) is 0 Å². The predicted molar refractivity (Wildman–Crippen MR) is 54.6 cm³/mol. The maximum absolute atomic E-state index is 5.35. The minimum atomic E-state index is 0.180. The molecule has 1 unspecified atom stereocenters. The van der Waals surface area contributed by atoms with Gasteiger partial charge in [0.25, 0.3) is 0 Å². The van der Waals surface area contributed by atoms with Gasteiger partial charge in [0, 0.05) is 10.5 Å². The Bertz CT molecular complexity index is 273. The molecule has 3 N–H and O–H groups in total. The van der Waals surface area contributed by atoms with Crippen molar-refractivity contribution in [1.29, 1.82) is 0 Å². The fraction of sp³-hybridized carbons (Fsp3) is 0.333. The standard InChI is InChI=1S/C9H13BrN2/c1-6-4-3-5-8(9(6)10)7(2)12-11/h3-5,7,12H,11H2,1-2H3. The summed E-state index contributed by atoms with van der Waals surface area (Å²) >= 11 is 3.53. The topological polar surface area (TPSA) is 38.0 Å². The first-order chi connectivity index (χ1) is 5.66. The second-order valence-corrected chi connectivity index (χ2v) is 3.66. The third-order valence-corrected chi connectivity index (χ3v) is 3.02. The Labute approximate surface area is 81.3 Å². The van der Waals surface area contributed by atoms with Gasteiger partial charge < -0.3 is 0 Å². The molecule has 0 spiro atoms. The van der Waals surface area contributed by atoms with Crippen LogP contribution >= 0.6 is 15.9 Å². The Hall–Kier alpha value is -0.380. The Morgan fingerprint density at radius 2 is 2.17 bits per heavy atom. The van der Waals surface area contributed by atoms with E-state index in [-0.39, 0.29) is 6.04 Å². The van der Waals surface area contributed by atoms with Crippen molar-refractivity contribution in [2.24, 2.45) is 5.84 Å². The molecule has 0 aliphatic carbocycles. The lowest BCUT2D eigenvalue weighted by molar-refractivity contribution is 0.600. The molecule has 0 heterocycles. The number of nitrogens with two attached hydrogens (primary N) is 1. The fourth-order valence-electron chi connectivity index (χ4n) is 1.09. The molecule has 0 aliphatic rings. The molecule has 0 radical (unpaired) electrons. The summed E-state index contributed by atoms with van der Waals surface area (Å²) in [4.78, 5) is 0. The lowest BCUT2D eigenvalue weighted by Gasteiger charge is -2.13. The fourth-order valence-corrected chi connectivity index (χ4v) is 1.70. The first-order valence-corrected chi connectivity index (χ1v) is 4.67. The molecule has 0 fully saturated rings. The van der Waals surface area contributed by atoms with Crippen LogP contribution in [0.15, 0.2) is 22.7 Å². The molecule has 66 valence electrons. The van der Waals surface area contributed by atoms with E-state index in [2.05, 4.69) is 40.4 Å². The Morgan fingerprint density at radius 3 is 2.75 bits per heavy atom. The van der Waals surface area contributed by atoms with Crippen molar-refractivity contribution in [3.63, 3.8) is 0 Å². The molecule has 0 bridgehead atoms. The first-order valence-electron chi connectivity index (χ1n) is 3.88. The molecule has 12 heavy (non-hydrogen) atoms. The lowest BCUT2D eigenvalue weighted by Crippen LogP contribution is -2.25. The number of hydrogen-bond acceptors (Lipinski definition) is 2. The van der Waals surface area contributed by atoms with Gasteiger partial charge in [-0.2, -0.15) is 0 Å². The van der Waals surface area contributed by atoms with E-state index in [1.165, 1.54) is 11.1 Å². The van der Waals surface area contributed by atoms with Gasteiger partial charge in [-0.1, -0.05) is 34.1 Å². The van der Waals surface area contributed by atoms with Crippen LogP contribution in [0.5, 0.6) is 0 Å². The van der Waals surface area contributed by atoms with Crippen molar-refractivity contribution in [1.82, 2.24) is 5.43 Å². The van der Waals surface area contributed by atoms with E-state index in [4.69, 9.17) is 5.84 Å². The van der Waals surface area contributed by atoms with E-state index in [1.807, 2.05) is 13.0 Å². The average Bonchev–Trinajstić information content (AvgIpc) is 2.08. The zero-order valence-corrected chi connectivity index (χ0v) is 8.85. The van der Waals surface area contributed by atoms with Crippen molar-refractivity contribution in [3.8, 4) is 0 Å². The number of hydrogen-bond donors (Lipinski definition) is 2. The molecule has 1 rings (SSSR count). The van der Waals surface area contributed by atoms with E-state index in [9.17, 15) is 0 Å². The molecule has 1 aromatic rings. The number of halogens is 1. The highest BCUT2D eigenvalue weighted by Gasteiger charge is 2.07. The summed E-state index contributed by atoms with van der Waals surface area (Å²) in [6.45, 7) is 4.09. The number of benzene rings is 1. The van der Waals surface area contributed by atoms with Crippen LogP contribution in [0.25, 0.3) is 0 Å². The van der Waals surface area contributed by atoms with Gasteiger partial charge in [0.05, 0.1) is 0 Å². The van der Waals surface area contributed by atoms with Crippen LogP contribution in [0, 0.1) is 6.92 Å². The van der Waals surface area contributed by atoms with Gasteiger partial charge in [-0.15, -0.1) is 0 Å². The maximum atomic E-state index is 5.35. The van der Waals surface area contributed by atoms with Gasteiger partial charge in [-0.05, 0) is 25.0 Å². The molecule has 0 saturated carbocycles.